The monoisotopic (exact) mass is 509 g/mol. The molecule has 4 heterocycles. The fourth-order valence-corrected chi connectivity index (χ4v) is 4.80. The molecule has 10 heteroatoms. The lowest BCUT2D eigenvalue weighted by atomic mass is 9.92. The van der Waals surface area contributed by atoms with Gasteiger partial charge in [-0.25, -0.2) is 4.98 Å². The number of aromatic amines is 1. The normalized spacial score (nSPS) is 18.5. The molecule has 1 atom stereocenters. The second kappa shape index (κ2) is 8.88. The minimum absolute atomic E-state index is 0. The molecule has 1 amide bonds. The number of benzene rings is 2. The molecule has 2 aliphatic rings. The molecule has 2 aromatic carbocycles. The van der Waals surface area contributed by atoms with Crippen molar-refractivity contribution in [3.63, 3.8) is 0 Å². The molecule has 8 nitrogen and oxygen atoms in total. The number of ketones is 1. The third-order valence-electron chi connectivity index (χ3n) is 6.31. The van der Waals surface area contributed by atoms with E-state index in [1.54, 1.807) is 30.6 Å². The molecule has 6 rings (SSSR count). The van der Waals surface area contributed by atoms with Crippen molar-refractivity contribution in [2.45, 2.75) is 12.0 Å². The maximum Gasteiger partial charge on any atom is 0.251 e. The van der Waals surface area contributed by atoms with Crippen LogP contribution in [0.4, 0.5) is 11.4 Å². The van der Waals surface area contributed by atoms with Gasteiger partial charge >= 0.3 is 0 Å². The zero-order valence-electron chi connectivity index (χ0n) is 18.4. The number of hydrogen-bond acceptors (Lipinski definition) is 6. The molecular formula is C25H21Cl2N5O3. The van der Waals surface area contributed by atoms with Crippen molar-refractivity contribution in [3.8, 4) is 11.5 Å². The number of para-hydroxylation sites is 1. The number of H-pyrrole nitrogens is 1. The zero-order valence-corrected chi connectivity index (χ0v) is 19.9. The summed E-state index contributed by atoms with van der Waals surface area (Å²) in [6, 6.07) is 14.3. The molecule has 35 heavy (non-hydrogen) atoms. The number of rotatable bonds is 4. The Hall–Kier alpha value is -3.59. The molecule has 2 aliphatic heterocycles. The average Bonchev–Trinajstić information content (AvgIpc) is 3.49. The summed E-state index contributed by atoms with van der Waals surface area (Å²) in [6.07, 6.45) is 3.86. The van der Waals surface area contributed by atoms with Crippen LogP contribution in [0.1, 0.15) is 22.3 Å². The van der Waals surface area contributed by atoms with Gasteiger partial charge in [0.2, 0.25) is 0 Å². The standard InChI is InChI=1S/C25H20ClN5O3.ClH/c26-18-10-15(34-14-4-2-1-3-5-14)6-7-16(18)22(32)17-11-28-23-20(17)21-19(12-29-23)30-24(33)25(31-21)8-9-27-13-25;/h1-7,10-12,27,31H,8-9,13H2,(H,28,29)(H,30,33);1H. The second-order valence-electron chi connectivity index (χ2n) is 8.45. The van der Waals surface area contributed by atoms with Gasteiger partial charge in [0.25, 0.3) is 5.91 Å². The van der Waals surface area contributed by atoms with Crippen molar-refractivity contribution in [3.05, 3.63) is 77.1 Å². The van der Waals surface area contributed by atoms with Gasteiger partial charge in [-0.15, -0.1) is 12.4 Å². The largest absolute Gasteiger partial charge is 0.457 e. The third kappa shape index (κ3) is 3.89. The van der Waals surface area contributed by atoms with Crippen LogP contribution in [0, 0.1) is 0 Å². The van der Waals surface area contributed by atoms with Crippen LogP contribution in [0.25, 0.3) is 11.0 Å². The summed E-state index contributed by atoms with van der Waals surface area (Å²) in [5, 5.41) is 10.5. The topological polar surface area (TPSA) is 108 Å². The van der Waals surface area contributed by atoms with Crippen LogP contribution >= 0.6 is 24.0 Å². The van der Waals surface area contributed by atoms with E-state index in [1.807, 2.05) is 30.3 Å². The average molecular weight is 510 g/mol. The first-order valence-electron chi connectivity index (χ1n) is 10.9. The van der Waals surface area contributed by atoms with Crippen LogP contribution in [-0.2, 0) is 4.79 Å². The molecule has 0 radical (unpaired) electrons. The highest BCUT2D eigenvalue weighted by molar-refractivity contribution is 6.36. The Morgan fingerprint density at radius 2 is 1.91 bits per heavy atom. The molecular weight excluding hydrogens is 489 g/mol. The van der Waals surface area contributed by atoms with E-state index in [1.165, 1.54) is 0 Å². The second-order valence-corrected chi connectivity index (χ2v) is 8.85. The van der Waals surface area contributed by atoms with E-state index in [4.69, 9.17) is 16.3 Å². The van der Waals surface area contributed by atoms with Crippen molar-refractivity contribution in [1.29, 1.82) is 0 Å². The van der Waals surface area contributed by atoms with E-state index in [2.05, 4.69) is 25.9 Å². The lowest BCUT2D eigenvalue weighted by Crippen LogP contribution is -2.54. The molecule has 1 saturated heterocycles. The fraction of sp³-hybridized carbons (Fsp3) is 0.160. The van der Waals surface area contributed by atoms with Crippen molar-refractivity contribution < 1.29 is 14.3 Å². The van der Waals surface area contributed by atoms with Gasteiger partial charge in [-0.2, -0.15) is 0 Å². The van der Waals surface area contributed by atoms with Gasteiger partial charge in [-0.3, -0.25) is 9.59 Å². The van der Waals surface area contributed by atoms with E-state index >= 15 is 0 Å². The summed E-state index contributed by atoms with van der Waals surface area (Å²) >= 11 is 6.51. The minimum Gasteiger partial charge on any atom is -0.457 e. The van der Waals surface area contributed by atoms with Crippen LogP contribution in [0.15, 0.2) is 60.9 Å². The summed E-state index contributed by atoms with van der Waals surface area (Å²) in [5.41, 5.74) is 1.78. The number of anilines is 2. The van der Waals surface area contributed by atoms with Gasteiger partial charge in [0.15, 0.2) is 5.78 Å². The van der Waals surface area contributed by atoms with Crippen LogP contribution in [-0.4, -0.2) is 40.3 Å². The maximum absolute atomic E-state index is 13.6. The Morgan fingerprint density at radius 3 is 2.66 bits per heavy atom. The molecule has 1 fully saturated rings. The molecule has 0 saturated carbocycles. The van der Waals surface area contributed by atoms with Gasteiger partial charge in [-0.05, 0) is 37.2 Å². The molecule has 2 aromatic heterocycles. The van der Waals surface area contributed by atoms with Crippen LogP contribution in [0.2, 0.25) is 5.02 Å². The SMILES string of the molecule is Cl.O=C(c1ccc(Oc2ccccc2)cc1Cl)c1c[nH]c2ncc3c(c12)NC1(CCNC1)C(=O)N3. The van der Waals surface area contributed by atoms with Crippen molar-refractivity contribution >= 4 is 58.1 Å². The number of hydrogen-bond donors (Lipinski definition) is 4. The molecule has 0 bridgehead atoms. The van der Waals surface area contributed by atoms with E-state index in [-0.39, 0.29) is 29.1 Å². The number of aromatic nitrogens is 2. The van der Waals surface area contributed by atoms with E-state index < -0.39 is 5.54 Å². The number of nitrogens with one attached hydrogen (secondary N) is 4. The number of nitrogens with zero attached hydrogens (tertiary/aromatic N) is 1. The molecule has 1 spiro atoms. The number of carbonyl (C=O) groups is 2. The number of pyridine rings is 1. The number of fused-ring (bicyclic) bond motifs is 3. The summed E-state index contributed by atoms with van der Waals surface area (Å²) in [4.78, 5) is 33.8. The number of ether oxygens (including phenoxy) is 1. The van der Waals surface area contributed by atoms with E-state index in [9.17, 15) is 9.59 Å². The maximum atomic E-state index is 13.6. The van der Waals surface area contributed by atoms with Crippen molar-refractivity contribution in [2.24, 2.45) is 0 Å². The lowest BCUT2D eigenvalue weighted by molar-refractivity contribution is -0.120. The Balaban J connectivity index is 0.00000253. The highest BCUT2D eigenvalue weighted by Crippen LogP contribution is 2.40. The first-order valence-corrected chi connectivity index (χ1v) is 11.3. The molecule has 0 aliphatic carbocycles. The Morgan fingerprint density at radius 1 is 1.09 bits per heavy atom. The molecule has 178 valence electrons. The zero-order chi connectivity index (χ0) is 23.3. The molecule has 4 aromatic rings. The number of halogens is 2. The predicted octanol–water partition coefficient (Wildman–Crippen LogP) is 4.76. The van der Waals surface area contributed by atoms with Crippen molar-refractivity contribution in [2.75, 3.05) is 23.7 Å². The Kier molecular flexibility index (Phi) is 5.88. The van der Waals surface area contributed by atoms with Gasteiger partial charge in [0, 0.05) is 24.4 Å². The van der Waals surface area contributed by atoms with Gasteiger partial charge in [0.1, 0.15) is 22.7 Å². The van der Waals surface area contributed by atoms with E-state index in [0.29, 0.717) is 58.0 Å². The highest BCUT2D eigenvalue weighted by Gasteiger charge is 2.45. The minimum atomic E-state index is -0.757. The fourth-order valence-electron chi connectivity index (χ4n) is 4.54. The smallest absolute Gasteiger partial charge is 0.251 e. The van der Waals surface area contributed by atoms with Crippen molar-refractivity contribution in [1.82, 2.24) is 15.3 Å². The lowest BCUT2D eigenvalue weighted by Gasteiger charge is -2.35. The summed E-state index contributed by atoms with van der Waals surface area (Å²) in [6.45, 7) is 1.24. The summed E-state index contributed by atoms with van der Waals surface area (Å²) < 4.78 is 5.82. The summed E-state index contributed by atoms with van der Waals surface area (Å²) in [5.74, 6) is 0.850. The molecule has 4 N–H and O–H groups in total. The number of carbonyl (C=O) groups excluding carboxylic acids is 2. The first-order chi connectivity index (χ1) is 16.5. The predicted molar refractivity (Wildman–Crippen MR) is 137 cm³/mol. The quantitative estimate of drug-likeness (QED) is 0.295. The van der Waals surface area contributed by atoms with E-state index in [0.717, 1.165) is 6.54 Å². The first kappa shape index (κ1) is 23.2. The van der Waals surface area contributed by atoms with Gasteiger partial charge in [0.05, 0.1) is 33.5 Å². The number of amides is 1. The van der Waals surface area contributed by atoms with Gasteiger partial charge in [-0.1, -0.05) is 29.8 Å². The molecule has 1 unspecified atom stereocenters. The van der Waals surface area contributed by atoms with Crippen LogP contribution in [0.5, 0.6) is 11.5 Å². The Labute approximate surface area is 211 Å². The highest BCUT2D eigenvalue weighted by atomic mass is 35.5. The third-order valence-corrected chi connectivity index (χ3v) is 6.63. The van der Waals surface area contributed by atoms with Crippen LogP contribution in [0.3, 0.4) is 0 Å². The van der Waals surface area contributed by atoms with Crippen LogP contribution < -0.4 is 20.7 Å². The van der Waals surface area contributed by atoms with Gasteiger partial charge < -0.3 is 25.7 Å². The summed E-state index contributed by atoms with van der Waals surface area (Å²) in [7, 11) is 0. The Bertz CT molecular complexity index is 1450.